The highest BCUT2D eigenvalue weighted by Gasteiger charge is 2.27. The molecule has 2 heterocycles. The molecule has 1 aliphatic rings. The van der Waals surface area contributed by atoms with Gasteiger partial charge in [0.25, 0.3) is 5.56 Å². The molecule has 0 spiro atoms. The van der Waals surface area contributed by atoms with Gasteiger partial charge in [-0.05, 0) is 47.8 Å². The standard InChI is InChI=1S/C20H28BrFN4O/c1-4-6-18(25-8-7-23-11-13(3)12-25)19-24-17-10-16(22)15(21)9-14(17)20(27)26(19)5-2/h9-10,13,18,23H,4-8,11-12H2,1-3H3/t13-,18?/m0/s1. The van der Waals surface area contributed by atoms with Crippen LogP contribution in [0.3, 0.4) is 0 Å². The molecular weight excluding hydrogens is 411 g/mol. The molecule has 0 radical (unpaired) electrons. The van der Waals surface area contributed by atoms with Gasteiger partial charge in [-0.25, -0.2) is 9.37 Å². The lowest BCUT2D eigenvalue weighted by Crippen LogP contribution is -2.38. The SMILES string of the molecule is CCCC(c1nc2cc(F)c(Br)cc2c(=O)n1CC)N1CCNC[C@H](C)C1. The van der Waals surface area contributed by atoms with Crippen LogP contribution in [0.2, 0.25) is 0 Å². The van der Waals surface area contributed by atoms with E-state index in [-0.39, 0.29) is 11.6 Å². The van der Waals surface area contributed by atoms with Gasteiger partial charge in [0.05, 0.1) is 21.4 Å². The average molecular weight is 439 g/mol. The first-order valence-corrected chi connectivity index (χ1v) is 10.6. The Kier molecular flexibility index (Phi) is 6.65. The quantitative estimate of drug-likeness (QED) is 0.772. The summed E-state index contributed by atoms with van der Waals surface area (Å²) in [7, 11) is 0. The predicted molar refractivity (Wildman–Crippen MR) is 111 cm³/mol. The van der Waals surface area contributed by atoms with Gasteiger partial charge in [0.1, 0.15) is 11.6 Å². The fraction of sp³-hybridized carbons (Fsp3) is 0.600. The largest absolute Gasteiger partial charge is 0.315 e. The summed E-state index contributed by atoms with van der Waals surface area (Å²) in [6.07, 6.45) is 1.92. The molecule has 1 unspecified atom stereocenters. The van der Waals surface area contributed by atoms with Gasteiger partial charge in [0, 0.05) is 32.2 Å². The topological polar surface area (TPSA) is 50.2 Å². The molecule has 7 heteroatoms. The number of halogens is 2. The third-order valence-corrected chi connectivity index (χ3v) is 5.87. The molecule has 148 valence electrons. The molecule has 1 aromatic heterocycles. The van der Waals surface area contributed by atoms with E-state index in [9.17, 15) is 9.18 Å². The van der Waals surface area contributed by atoms with Crippen molar-refractivity contribution in [2.45, 2.75) is 46.2 Å². The molecule has 1 N–H and O–H groups in total. The van der Waals surface area contributed by atoms with Crippen LogP contribution in [-0.2, 0) is 6.54 Å². The van der Waals surface area contributed by atoms with E-state index in [1.54, 1.807) is 10.6 Å². The maximum Gasteiger partial charge on any atom is 0.261 e. The first kappa shape index (κ1) is 20.4. The van der Waals surface area contributed by atoms with Crippen molar-refractivity contribution in [1.82, 2.24) is 19.8 Å². The molecule has 1 aromatic carbocycles. The Balaban J connectivity index is 2.16. The summed E-state index contributed by atoms with van der Waals surface area (Å²) in [5, 5.41) is 3.93. The first-order chi connectivity index (χ1) is 13.0. The van der Waals surface area contributed by atoms with Crippen molar-refractivity contribution >= 4 is 26.8 Å². The Labute approximate surface area is 168 Å². The van der Waals surface area contributed by atoms with Gasteiger partial charge in [-0.15, -0.1) is 0 Å². The van der Waals surface area contributed by atoms with Gasteiger partial charge in [-0.2, -0.15) is 0 Å². The van der Waals surface area contributed by atoms with Gasteiger partial charge in [0.2, 0.25) is 0 Å². The highest BCUT2D eigenvalue weighted by Crippen LogP contribution is 2.28. The fourth-order valence-electron chi connectivity index (χ4n) is 3.95. The van der Waals surface area contributed by atoms with Gasteiger partial charge in [-0.1, -0.05) is 20.3 Å². The number of fused-ring (bicyclic) bond motifs is 1. The predicted octanol–water partition coefficient (Wildman–Crippen LogP) is 3.70. The zero-order valence-corrected chi connectivity index (χ0v) is 17.9. The Morgan fingerprint density at radius 3 is 2.89 bits per heavy atom. The minimum atomic E-state index is -0.394. The summed E-state index contributed by atoms with van der Waals surface area (Å²) in [6, 6.07) is 2.96. The van der Waals surface area contributed by atoms with E-state index in [4.69, 9.17) is 4.98 Å². The number of hydrogen-bond donors (Lipinski definition) is 1. The number of hydrogen-bond acceptors (Lipinski definition) is 4. The highest BCUT2D eigenvalue weighted by molar-refractivity contribution is 9.10. The van der Waals surface area contributed by atoms with Crippen LogP contribution in [0.15, 0.2) is 21.4 Å². The second-order valence-electron chi connectivity index (χ2n) is 7.41. The molecule has 0 bridgehead atoms. The molecule has 5 nitrogen and oxygen atoms in total. The monoisotopic (exact) mass is 438 g/mol. The molecule has 1 fully saturated rings. The van der Waals surface area contributed by atoms with Crippen molar-refractivity contribution in [3.8, 4) is 0 Å². The van der Waals surface area contributed by atoms with E-state index >= 15 is 0 Å². The minimum absolute atomic E-state index is 0.0566. The smallest absolute Gasteiger partial charge is 0.261 e. The number of benzene rings is 1. The fourth-order valence-corrected chi connectivity index (χ4v) is 4.30. The van der Waals surface area contributed by atoms with E-state index < -0.39 is 5.82 Å². The number of nitrogens with one attached hydrogen (secondary N) is 1. The van der Waals surface area contributed by atoms with Crippen LogP contribution in [0.25, 0.3) is 10.9 Å². The van der Waals surface area contributed by atoms with E-state index in [0.29, 0.717) is 27.8 Å². The molecule has 0 amide bonds. The van der Waals surface area contributed by atoms with Crippen molar-refractivity contribution in [1.29, 1.82) is 0 Å². The lowest BCUT2D eigenvalue weighted by Gasteiger charge is -2.32. The van der Waals surface area contributed by atoms with Gasteiger partial charge in [0.15, 0.2) is 0 Å². The van der Waals surface area contributed by atoms with Crippen LogP contribution >= 0.6 is 15.9 Å². The van der Waals surface area contributed by atoms with Crippen LogP contribution in [0.1, 0.15) is 45.5 Å². The second kappa shape index (κ2) is 8.80. The molecule has 0 aliphatic carbocycles. The van der Waals surface area contributed by atoms with E-state index in [1.807, 2.05) is 6.92 Å². The molecular formula is C20H28BrFN4O. The summed E-state index contributed by atoms with van der Waals surface area (Å²) < 4.78 is 16.1. The second-order valence-corrected chi connectivity index (χ2v) is 8.27. The Hall–Kier alpha value is -1.31. The summed E-state index contributed by atoms with van der Waals surface area (Å²) in [4.78, 5) is 20.3. The molecule has 3 rings (SSSR count). The van der Waals surface area contributed by atoms with Crippen LogP contribution in [0.5, 0.6) is 0 Å². The summed E-state index contributed by atoms with van der Waals surface area (Å²) in [6.45, 7) is 10.7. The lowest BCUT2D eigenvalue weighted by molar-refractivity contribution is 0.169. The van der Waals surface area contributed by atoms with E-state index in [1.165, 1.54) is 6.07 Å². The van der Waals surface area contributed by atoms with Crippen molar-refractivity contribution in [2.75, 3.05) is 26.2 Å². The van der Waals surface area contributed by atoms with Crippen LogP contribution < -0.4 is 10.9 Å². The van der Waals surface area contributed by atoms with Gasteiger partial charge in [-0.3, -0.25) is 14.3 Å². The maximum absolute atomic E-state index is 14.1. The first-order valence-electron chi connectivity index (χ1n) is 9.80. The Bertz CT molecular complexity index is 869. The normalized spacial score (nSPS) is 20.0. The number of nitrogens with zero attached hydrogens (tertiary/aromatic N) is 3. The Morgan fingerprint density at radius 2 is 2.19 bits per heavy atom. The van der Waals surface area contributed by atoms with Gasteiger partial charge >= 0.3 is 0 Å². The molecule has 27 heavy (non-hydrogen) atoms. The van der Waals surface area contributed by atoms with E-state index in [2.05, 4.69) is 40.0 Å². The van der Waals surface area contributed by atoms with E-state index in [0.717, 1.165) is 44.8 Å². The van der Waals surface area contributed by atoms with Crippen molar-refractivity contribution in [3.63, 3.8) is 0 Å². The third kappa shape index (κ3) is 4.25. The number of aromatic nitrogens is 2. The molecule has 1 saturated heterocycles. The lowest BCUT2D eigenvalue weighted by atomic mass is 10.1. The zero-order valence-electron chi connectivity index (χ0n) is 16.3. The molecule has 2 atom stereocenters. The van der Waals surface area contributed by atoms with Crippen molar-refractivity contribution in [2.24, 2.45) is 5.92 Å². The van der Waals surface area contributed by atoms with Crippen LogP contribution in [0, 0.1) is 11.7 Å². The summed E-state index contributed by atoms with van der Waals surface area (Å²) >= 11 is 3.18. The Morgan fingerprint density at radius 1 is 1.41 bits per heavy atom. The van der Waals surface area contributed by atoms with Crippen molar-refractivity contribution < 1.29 is 4.39 Å². The van der Waals surface area contributed by atoms with Crippen LogP contribution in [-0.4, -0.2) is 40.6 Å². The minimum Gasteiger partial charge on any atom is -0.315 e. The average Bonchev–Trinajstić information content (AvgIpc) is 2.85. The molecule has 2 aromatic rings. The maximum atomic E-state index is 14.1. The zero-order chi connectivity index (χ0) is 19.6. The molecule has 0 saturated carbocycles. The molecule has 1 aliphatic heterocycles. The number of rotatable bonds is 5. The highest BCUT2D eigenvalue weighted by atomic mass is 79.9. The van der Waals surface area contributed by atoms with Crippen molar-refractivity contribution in [3.05, 3.63) is 38.6 Å². The summed E-state index contributed by atoms with van der Waals surface area (Å²) in [5.41, 5.74) is 0.336. The summed E-state index contributed by atoms with van der Waals surface area (Å²) in [5.74, 6) is 0.893. The van der Waals surface area contributed by atoms with Crippen LogP contribution in [0.4, 0.5) is 4.39 Å². The third-order valence-electron chi connectivity index (χ3n) is 5.26. The van der Waals surface area contributed by atoms with Gasteiger partial charge < -0.3 is 5.32 Å².